The molecular formula is C28H27N7O5. The molecule has 1 aliphatic carbocycles. The van der Waals surface area contributed by atoms with Crippen LogP contribution < -0.4 is 22.5 Å². The Labute approximate surface area is 228 Å². The number of hydrogen-bond donors (Lipinski definition) is 3. The molecule has 40 heavy (non-hydrogen) atoms. The summed E-state index contributed by atoms with van der Waals surface area (Å²) >= 11 is 0. The smallest absolute Gasteiger partial charge is 0.366 e. The van der Waals surface area contributed by atoms with Gasteiger partial charge in [0.1, 0.15) is 12.2 Å². The average Bonchev–Trinajstić information content (AvgIpc) is 3.62. The van der Waals surface area contributed by atoms with Crippen molar-refractivity contribution >= 4 is 17.7 Å². The third kappa shape index (κ3) is 3.89. The molecule has 1 saturated heterocycles. The molecule has 1 unspecified atom stereocenters. The first-order chi connectivity index (χ1) is 19.2. The van der Waals surface area contributed by atoms with Crippen LogP contribution >= 0.6 is 0 Å². The van der Waals surface area contributed by atoms with Crippen LogP contribution in [0.3, 0.4) is 0 Å². The van der Waals surface area contributed by atoms with Gasteiger partial charge in [-0.15, -0.1) is 0 Å². The molecule has 2 aromatic carbocycles. The number of amides is 3. The molecule has 12 nitrogen and oxygen atoms in total. The SMILES string of the molecule is N#CC1CCCN1C(=O)CN[C@H]1CC2(c3ccc(C(N)=O)cc3CCc3cc(C(N)=O)ccc32)c2nc(=O)on21. The summed E-state index contributed by atoms with van der Waals surface area (Å²) in [6.45, 7) is 0.449. The summed E-state index contributed by atoms with van der Waals surface area (Å²) < 4.78 is 6.93. The molecule has 3 aromatic rings. The Balaban J connectivity index is 1.47. The predicted octanol–water partition coefficient (Wildman–Crippen LogP) is 0.474. The normalized spacial score (nSPS) is 20.3. The first kappa shape index (κ1) is 25.5. The zero-order valence-corrected chi connectivity index (χ0v) is 21.6. The van der Waals surface area contributed by atoms with Crippen LogP contribution in [-0.2, 0) is 23.1 Å². The number of nitrogens with zero attached hydrogens (tertiary/aromatic N) is 4. The first-order valence-corrected chi connectivity index (χ1v) is 13.1. The van der Waals surface area contributed by atoms with Gasteiger partial charge in [-0.1, -0.05) is 12.1 Å². The van der Waals surface area contributed by atoms with Crippen LogP contribution in [0.25, 0.3) is 0 Å². The molecule has 0 bridgehead atoms. The monoisotopic (exact) mass is 541 g/mol. The van der Waals surface area contributed by atoms with E-state index in [4.69, 9.17) is 16.0 Å². The number of carbonyl (C=O) groups excluding carboxylic acids is 3. The second-order valence-corrected chi connectivity index (χ2v) is 10.5. The minimum atomic E-state index is -0.997. The second kappa shape index (κ2) is 9.46. The van der Waals surface area contributed by atoms with Crippen LogP contribution in [0.5, 0.6) is 0 Å². The number of nitrogens with two attached hydrogens (primary N) is 2. The number of aromatic nitrogens is 2. The van der Waals surface area contributed by atoms with Gasteiger partial charge in [0.05, 0.1) is 18.0 Å². The van der Waals surface area contributed by atoms with E-state index in [9.17, 15) is 24.4 Å². The minimum absolute atomic E-state index is 0.0683. The van der Waals surface area contributed by atoms with E-state index in [-0.39, 0.29) is 12.5 Å². The first-order valence-electron chi connectivity index (χ1n) is 13.1. The highest BCUT2D eigenvalue weighted by Gasteiger charge is 2.53. The van der Waals surface area contributed by atoms with E-state index in [0.29, 0.717) is 49.2 Å². The number of carbonyl (C=O) groups is 3. The summed E-state index contributed by atoms with van der Waals surface area (Å²) in [5, 5.41) is 12.6. The van der Waals surface area contributed by atoms with Gasteiger partial charge < -0.3 is 20.9 Å². The highest BCUT2D eigenvalue weighted by molar-refractivity contribution is 5.94. The van der Waals surface area contributed by atoms with E-state index in [1.54, 1.807) is 29.2 Å². The number of hydrogen-bond acceptors (Lipinski definition) is 8. The van der Waals surface area contributed by atoms with Crippen molar-refractivity contribution in [3.8, 4) is 6.07 Å². The lowest BCUT2D eigenvalue weighted by Gasteiger charge is -2.31. The molecule has 12 heteroatoms. The molecule has 0 radical (unpaired) electrons. The maximum atomic E-state index is 13.0. The quantitative estimate of drug-likeness (QED) is 0.415. The van der Waals surface area contributed by atoms with E-state index in [0.717, 1.165) is 28.7 Å². The van der Waals surface area contributed by atoms with Gasteiger partial charge in [-0.2, -0.15) is 15.0 Å². The number of rotatable bonds is 5. The fourth-order valence-corrected chi connectivity index (χ4v) is 6.52. The molecule has 204 valence electrons. The lowest BCUT2D eigenvalue weighted by molar-refractivity contribution is -0.130. The van der Waals surface area contributed by atoms with Crippen LogP contribution in [0.1, 0.15) is 74.2 Å². The van der Waals surface area contributed by atoms with Crippen molar-refractivity contribution in [1.82, 2.24) is 19.9 Å². The maximum absolute atomic E-state index is 13.0. The van der Waals surface area contributed by atoms with Gasteiger partial charge in [0.15, 0.2) is 5.82 Å². The number of benzene rings is 2. The lowest BCUT2D eigenvalue weighted by Crippen LogP contribution is -2.42. The van der Waals surface area contributed by atoms with E-state index < -0.39 is 35.2 Å². The van der Waals surface area contributed by atoms with E-state index in [1.165, 1.54) is 4.74 Å². The summed E-state index contributed by atoms with van der Waals surface area (Å²) in [6.07, 6.45) is 2.20. The summed E-state index contributed by atoms with van der Waals surface area (Å²) in [4.78, 5) is 55.4. The van der Waals surface area contributed by atoms with Crippen LogP contribution in [-0.4, -0.2) is 51.5 Å². The van der Waals surface area contributed by atoms with E-state index >= 15 is 0 Å². The Morgan fingerprint density at radius 1 is 1.07 bits per heavy atom. The highest BCUT2D eigenvalue weighted by atomic mass is 16.5. The minimum Gasteiger partial charge on any atom is -0.366 e. The number of primary amides is 2. The number of nitrogens with one attached hydrogen (secondary N) is 1. The Bertz CT molecular complexity index is 1600. The van der Waals surface area contributed by atoms with Gasteiger partial charge in [0.25, 0.3) is 0 Å². The van der Waals surface area contributed by atoms with Crippen molar-refractivity contribution in [2.45, 2.75) is 49.7 Å². The summed E-state index contributed by atoms with van der Waals surface area (Å²) in [5.41, 5.74) is 14.2. The molecule has 1 aromatic heterocycles. The van der Waals surface area contributed by atoms with Crippen LogP contribution in [0, 0.1) is 11.3 Å². The lowest BCUT2D eigenvalue weighted by atomic mass is 9.70. The number of aryl methyl sites for hydroxylation is 2. The Hall–Kier alpha value is -4.76. The zero-order chi connectivity index (χ0) is 28.2. The molecule has 1 fully saturated rings. The maximum Gasteiger partial charge on any atom is 0.460 e. The largest absolute Gasteiger partial charge is 0.460 e. The number of likely N-dealkylation sites (tertiary alicyclic amines) is 1. The Morgan fingerprint density at radius 3 is 2.27 bits per heavy atom. The van der Waals surface area contributed by atoms with Gasteiger partial charge in [0, 0.05) is 24.1 Å². The number of fused-ring (bicyclic) bond motifs is 6. The van der Waals surface area contributed by atoms with Gasteiger partial charge in [-0.3, -0.25) is 19.7 Å². The van der Waals surface area contributed by atoms with Crippen molar-refractivity contribution < 1.29 is 18.9 Å². The van der Waals surface area contributed by atoms with Gasteiger partial charge in [-0.05, 0) is 72.2 Å². The summed E-state index contributed by atoms with van der Waals surface area (Å²) in [5.74, 6) is -1.77. The molecule has 2 atom stereocenters. The highest BCUT2D eigenvalue weighted by Crippen LogP contribution is 2.52. The van der Waals surface area contributed by atoms with Gasteiger partial charge >= 0.3 is 5.76 Å². The Morgan fingerprint density at radius 2 is 1.70 bits per heavy atom. The van der Waals surface area contributed by atoms with Crippen molar-refractivity contribution in [2.75, 3.05) is 13.1 Å². The summed E-state index contributed by atoms with van der Waals surface area (Å²) in [7, 11) is 0. The van der Waals surface area contributed by atoms with Crippen molar-refractivity contribution in [3.05, 3.63) is 86.2 Å². The van der Waals surface area contributed by atoms with E-state index in [1.807, 2.05) is 12.1 Å². The predicted molar refractivity (Wildman–Crippen MR) is 140 cm³/mol. The van der Waals surface area contributed by atoms with Crippen LogP contribution in [0.2, 0.25) is 0 Å². The van der Waals surface area contributed by atoms with Gasteiger partial charge in [-0.25, -0.2) is 4.79 Å². The van der Waals surface area contributed by atoms with Crippen LogP contribution in [0.15, 0.2) is 45.7 Å². The van der Waals surface area contributed by atoms with Crippen molar-refractivity contribution in [2.24, 2.45) is 11.5 Å². The van der Waals surface area contributed by atoms with Crippen molar-refractivity contribution in [3.63, 3.8) is 0 Å². The molecular weight excluding hydrogens is 514 g/mol. The summed E-state index contributed by atoms with van der Waals surface area (Å²) in [6, 6.07) is 12.2. The number of nitriles is 1. The molecule has 0 saturated carbocycles. The zero-order valence-electron chi connectivity index (χ0n) is 21.6. The van der Waals surface area contributed by atoms with Crippen molar-refractivity contribution in [1.29, 1.82) is 5.26 Å². The molecule has 3 amide bonds. The third-order valence-electron chi connectivity index (χ3n) is 8.32. The van der Waals surface area contributed by atoms with E-state index in [2.05, 4.69) is 16.4 Å². The molecule has 2 aliphatic heterocycles. The van der Waals surface area contributed by atoms with Gasteiger partial charge in [0.2, 0.25) is 17.7 Å². The molecule has 3 heterocycles. The molecule has 3 aliphatic rings. The van der Waals surface area contributed by atoms with Crippen LogP contribution in [0.4, 0.5) is 0 Å². The fraction of sp³-hybridized carbons (Fsp3) is 0.357. The fourth-order valence-electron chi connectivity index (χ4n) is 6.52. The average molecular weight is 542 g/mol. The molecule has 1 spiro atoms. The Kier molecular flexibility index (Phi) is 6.03. The topological polar surface area (TPSA) is 190 Å². The molecule has 5 N–H and O–H groups in total. The standard InChI is InChI=1S/C28H27N7O5/c29-13-19-2-1-9-34(19)23(36)14-32-22-12-28(26-33-27(39)40-35(22)26)20-7-5-17(24(30)37)10-15(20)3-4-16-11-18(25(31)38)6-8-21(16)28/h5-8,10-11,19,22,32H,1-4,9,12,14H2,(H2,30,37)(H2,31,38)/t19?,22-/m1/s1. The molecule has 6 rings (SSSR count). The third-order valence-corrected chi connectivity index (χ3v) is 8.32. The second-order valence-electron chi connectivity index (χ2n) is 10.5.